The summed E-state index contributed by atoms with van der Waals surface area (Å²) in [6.07, 6.45) is 1.39. The lowest BCUT2D eigenvalue weighted by molar-refractivity contribution is 0.109. The van der Waals surface area contributed by atoms with Gasteiger partial charge in [-0.1, -0.05) is 17.3 Å². The quantitative estimate of drug-likeness (QED) is 0.819. The molecule has 0 saturated carbocycles. The molecule has 0 radical (unpaired) electrons. The maximum atomic E-state index is 5.72. The van der Waals surface area contributed by atoms with Gasteiger partial charge in [0.05, 0.1) is 0 Å². The highest BCUT2D eigenvalue weighted by Gasteiger charge is 2.12. The number of hydrogen-bond acceptors (Lipinski definition) is 5. The first kappa shape index (κ1) is 12.6. The predicted octanol–water partition coefficient (Wildman–Crippen LogP) is 2.14. The summed E-state index contributed by atoms with van der Waals surface area (Å²) in [5.74, 6) is 1.21. The van der Waals surface area contributed by atoms with E-state index < -0.39 is 0 Å². The zero-order valence-corrected chi connectivity index (χ0v) is 10.6. The minimum absolute atomic E-state index is 0.144. The van der Waals surface area contributed by atoms with E-state index in [4.69, 9.17) is 15.0 Å². The summed E-state index contributed by atoms with van der Waals surface area (Å²) < 4.78 is 10.3. The van der Waals surface area contributed by atoms with Crippen LogP contribution in [0.2, 0.25) is 0 Å². The van der Waals surface area contributed by atoms with Crippen molar-refractivity contribution in [2.24, 2.45) is 0 Å². The van der Waals surface area contributed by atoms with E-state index in [1.54, 1.807) is 7.11 Å². The van der Waals surface area contributed by atoms with Crippen molar-refractivity contribution in [3.63, 3.8) is 0 Å². The Morgan fingerprint density at radius 2 is 2.22 bits per heavy atom. The van der Waals surface area contributed by atoms with Crippen LogP contribution in [0.25, 0.3) is 0 Å². The molecule has 0 fully saturated rings. The first-order valence-corrected chi connectivity index (χ1v) is 5.88. The maximum absolute atomic E-state index is 5.72. The second-order valence-corrected chi connectivity index (χ2v) is 4.17. The van der Waals surface area contributed by atoms with Crippen molar-refractivity contribution in [1.29, 1.82) is 0 Å². The minimum Gasteiger partial charge on any atom is -0.399 e. The largest absolute Gasteiger partial charge is 0.399 e. The van der Waals surface area contributed by atoms with Crippen LogP contribution in [0.5, 0.6) is 0 Å². The van der Waals surface area contributed by atoms with Crippen molar-refractivity contribution in [3.05, 3.63) is 41.5 Å². The number of ether oxygens (including phenoxy) is 1. The molecule has 96 valence electrons. The molecule has 0 amide bonds. The molecule has 0 aliphatic carbocycles. The molecule has 2 aromatic rings. The highest BCUT2D eigenvalue weighted by atomic mass is 16.5. The number of rotatable bonds is 5. The van der Waals surface area contributed by atoms with Crippen molar-refractivity contribution in [1.82, 2.24) is 10.1 Å². The number of nitrogens with zero attached hydrogens (tertiary/aromatic N) is 2. The molecule has 1 heterocycles. The monoisotopic (exact) mass is 247 g/mol. The standard InChI is InChI=1S/C13H17N3O2/c1-9(17-2)13-15-12(18-16-13)7-6-10-4-3-5-11(14)8-10/h3-5,8-9H,6-7,14H2,1-2H3. The third kappa shape index (κ3) is 3.07. The number of aryl methyl sites for hydroxylation is 2. The highest BCUT2D eigenvalue weighted by Crippen LogP contribution is 2.13. The Morgan fingerprint density at radius 1 is 1.39 bits per heavy atom. The Labute approximate surface area is 106 Å². The Hall–Kier alpha value is -1.88. The molecule has 1 aromatic heterocycles. The molecule has 5 nitrogen and oxygen atoms in total. The fraction of sp³-hybridized carbons (Fsp3) is 0.385. The fourth-order valence-electron chi connectivity index (χ4n) is 1.64. The van der Waals surface area contributed by atoms with E-state index in [9.17, 15) is 0 Å². The van der Waals surface area contributed by atoms with Gasteiger partial charge >= 0.3 is 0 Å². The number of benzene rings is 1. The van der Waals surface area contributed by atoms with Gasteiger partial charge in [0.2, 0.25) is 5.89 Å². The van der Waals surface area contributed by atoms with Crippen LogP contribution in [0, 0.1) is 0 Å². The van der Waals surface area contributed by atoms with Crippen molar-refractivity contribution < 1.29 is 9.26 Å². The van der Waals surface area contributed by atoms with E-state index in [-0.39, 0.29) is 6.10 Å². The highest BCUT2D eigenvalue weighted by molar-refractivity contribution is 5.40. The normalized spacial score (nSPS) is 12.6. The van der Waals surface area contributed by atoms with Crippen molar-refractivity contribution in [2.75, 3.05) is 12.8 Å². The molecule has 0 saturated heterocycles. The van der Waals surface area contributed by atoms with E-state index in [0.717, 1.165) is 17.7 Å². The molecule has 0 aliphatic rings. The molecule has 1 unspecified atom stereocenters. The van der Waals surface area contributed by atoms with Gasteiger partial charge in [-0.15, -0.1) is 0 Å². The summed E-state index contributed by atoms with van der Waals surface area (Å²) in [4.78, 5) is 4.28. The molecule has 1 atom stereocenters. The molecule has 18 heavy (non-hydrogen) atoms. The van der Waals surface area contributed by atoms with Crippen molar-refractivity contribution >= 4 is 5.69 Å². The topological polar surface area (TPSA) is 74.2 Å². The SMILES string of the molecule is COC(C)c1noc(CCc2cccc(N)c2)n1. The van der Waals surface area contributed by atoms with Crippen LogP contribution in [-0.2, 0) is 17.6 Å². The Bertz CT molecular complexity index is 510. The minimum atomic E-state index is -0.144. The second kappa shape index (κ2) is 5.64. The number of nitrogens with two attached hydrogens (primary N) is 1. The van der Waals surface area contributed by atoms with E-state index in [1.807, 2.05) is 31.2 Å². The summed E-state index contributed by atoms with van der Waals surface area (Å²) in [5, 5.41) is 3.88. The van der Waals surface area contributed by atoms with Crippen LogP contribution in [0.15, 0.2) is 28.8 Å². The van der Waals surface area contributed by atoms with E-state index in [1.165, 1.54) is 0 Å². The Morgan fingerprint density at radius 3 is 2.94 bits per heavy atom. The molecular weight excluding hydrogens is 230 g/mol. The van der Waals surface area contributed by atoms with E-state index in [2.05, 4.69) is 10.1 Å². The number of nitrogen functional groups attached to an aromatic ring is 1. The van der Waals surface area contributed by atoms with Crippen LogP contribution in [0.3, 0.4) is 0 Å². The van der Waals surface area contributed by atoms with E-state index in [0.29, 0.717) is 18.1 Å². The van der Waals surface area contributed by atoms with E-state index >= 15 is 0 Å². The number of methoxy groups -OCH3 is 1. The molecule has 1 aromatic carbocycles. The fourth-order valence-corrected chi connectivity index (χ4v) is 1.64. The van der Waals surface area contributed by atoms with Crippen LogP contribution < -0.4 is 5.73 Å². The van der Waals surface area contributed by atoms with Gasteiger partial charge in [0, 0.05) is 19.2 Å². The molecule has 5 heteroatoms. The van der Waals surface area contributed by atoms with Crippen LogP contribution in [0.1, 0.15) is 30.3 Å². The number of aromatic nitrogens is 2. The Kier molecular flexibility index (Phi) is 3.94. The van der Waals surface area contributed by atoms with Gasteiger partial charge < -0.3 is 15.0 Å². The van der Waals surface area contributed by atoms with Crippen LogP contribution in [-0.4, -0.2) is 17.3 Å². The second-order valence-electron chi connectivity index (χ2n) is 4.17. The average molecular weight is 247 g/mol. The van der Waals surface area contributed by atoms with Gasteiger partial charge in [0.25, 0.3) is 0 Å². The molecule has 0 aliphatic heterocycles. The predicted molar refractivity (Wildman–Crippen MR) is 68.0 cm³/mol. The lowest BCUT2D eigenvalue weighted by Crippen LogP contribution is -1.99. The lowest BCUT2D eigenvalue weighted by atomic mass is 10.1. The van der Waals surface area contributed by atoms with Gasteiger partial charge in [-0.05, 0) is 31.0 Å². The van der Waals surface area contributed by atoms with Crippen LogP contribution >= 0.6 is 0 Å². The van der Waals surface area contributed by atoms with Crippen LogP contribution in [0.4, 0.5) is 5.69 Å². The summed E-state index contributed by atoms with van der Waals surface area (Å²) in [7, 11) is 1.62. The number of hydrogen-bond donors (Lipinski definition) is 1. The molecule has 2 N–H and O–H groups in total. The Balaban J connectivity index is 1.96. The summed E-state index contributed by atoms with van der Waals surface area (Å²) in [5.41, 5.74) is 7.65. The van der Waals surface area contributed by atoms with Crippen molar-refractivity contribution in [3.8, 4) is 0 Å². The zero-order valence-electron chi connectivity index (χ0n) is 10.6. The smallest absolute Gasteiger partial charge is 0.227 e. The number of anilines is 1. The molecule has 2 rings (SSSR count). The first-order valence-electron chi connectivity index (χ1n) is 5.88. The molecule has 0 spiro atoms. The van der Waals surface area contributed by atoms with Crippen molar-refractivity contribution in [2.45, 2.75) is 25.9 Å². The summed E-state index contributed by atoms with van der Waals surface area (Å²) >= 11 is 0. The molecule has 0 bridgehead atoms. The maximum Gasteiger partial charge on any atom is 0.227 e. The zero-order chi connectivity index (χ0) is 13.0. The third-order valence-electron chi connectivity index (χ3n) is 2.78. The van der Waals surface area contributed by atoms with Gasteiger partial charge in [0.15, 0.2) is 5.82 Å². The van der Waals surface area contributed by atoms with Gasteiger partial charge in [-0.25, -0.2) is 0 Å². The molecular formula is C13H17N3O2. The van der Waals surface area contributed by atoms with Gasteiger partial charge in [-0.3, -0.25) is 0 Å². The lowest BCUT2D eigenvalue weighted by Gasteiger charge is -2.01. The summed E-state index contributed by atoms with van der Waals surface area (Å²) in [6.45, 7) is 1.88. The average Bonchev–Trinajstić information content (AvgIpc) is 2.84. The third-order valence-corrected chi connectivity index (χ3v) is 2.78. The van der Waals surface area contributed by atoms with Gasteiger partial charge in [-0.2, -0.15) is 4.98 Å². The first-order chi connectivity index (χ1) is 8.69. The van der Waals surface area contributed by atoms with Gasteiger partial charge in [0.1, 0.15) is 6.10 Å². The summed E-state index contributed by atoms with van der Waals surface area (Å²) in [6, 6.07) is 7.80.